The number of aromatic hydroxyl groups is 1. The number of rotatable bonds is 3. The van der Waals surface area contributed by atoms with Crippen LogP contribution in [0.3, 0.4) is 0 Å². The largest absolute Gasteiger partial charge is 0.507 e. The summed E-state index contributed by atoms with van der Waals surface area (Å²) >= 11 is 0. The van der Waals surface area contributed by atoms with Gasteiger partial charge in [0.2, 0.25) is 0 Å². The maximum atomic E-state index is 13.9. The van der Waals surface area contributed by atoms with Crippen molar-refractivity contribution >= 4 is 22.6 Å². The number of phenolic OH excluding ortho intramolecular Hbond substituents is 1. The van der Waals surface area contributed by atoms with Crippen LogP contribution in [-0.4, -0.2) is 21.0 Å². The summed E-state index contributed by atoms with van der Waals surface area (Å²) in [6, 6.07) is 17.8. The van der Waals surface area contributed by atoms with Crippen LogP contribution in [0.4, 0.5) is 10.1 Å². The van der Waals surface area contributed by atoms with E-state index in [2.05, 4.69) is 15.3 Å². The van der Waals surface area contributed by atoms with Gasteiger partial charge in [-0.05, 0) is 42.5 Å². The van der Waals surface area contributed by atoms with Crippen LogP contribution in [0.15, 0.2) is 66.7 Å². The lowest BCUT2D eigenvalue weighted by Crippen LogP contribution is -2.11. The Morgan fingerprint density at radius 2 is 1.81 bits per heavy atom. The molecule has 0 aliphatic carbocycles. The van der Waals surface area contributed by atoms with E-state index in [1.54, 1.807) is 48.5 Å². The number of benzene rings is 3. The van der Waals surface area contributed by atoms with Crippen molar-refractivity contribution in [3.8, 4) is 17.1 Å². The lowest BCUT2D eigenvalue weighted by Gasteiger charge is -2.06. The number of nitrogens with one attached hydrogen (secondary N) is 2. The van der Waals surface area contributed by atoms with Crippen LogP contribution in [0.5, 0.6) is 5.75 Å². The van der Waals surface area contributed by atoms with E-state index >= 15 is 0 Å². The summed E-state index contributed by atoms with van der Waals surface area (Å²) in [5.41, 5.74) is 2.42. The molecule has 0 atom stereocenters. The number of H-pyrrole nitrogens is 1. The number of anilines is 1. The van der Waals surface area contributed by atoms with Gasteiger partial charge in [0, 0.05) is 5.69 Å². The highest BCUT2D eigenvalue weighted by molar-refractivity contribution is 6.06. The number of hydrogen-bond acceptors (Lipinski definition) is 3. The smallest absolute Gasteiger partial charge is 0.259 e. The number of amides is 1. The Kier molecular flexibility index (Phi) is 3.85. The highest BCUT2D eigenvalue weighted by Crippen LogP contribution is 2.25. The average molecular weight is 347 g/mol. The van der Waals surface area contributed by atoms with Crippen LogP contribution in [-0.2, 0) is 0 Å². The van der Waals surface area contributed by atoms with Crippen molar-refractivity contribution in [2.75, 3.05) is 5.32 Å². The number of aromatic nitrogens is 2. The highest BCUT2D eigenvalue weighted by Gasteiger charge is 2.13. The number of carbonyl (C=O) groups is 1. The van der Waals surface area contributed by atoms with Gasteiger partial charge in [-0.1, -0.05) is 24.3 Å². The van der Waals surface area contributed by atoms with Crippen molar-refractivity contribution in [3.05, 3.63) is 78.1 Å². The monoisotopic (exact) mass is 347 g/mol. The molecule has 0 aliphatic rings. The fraction of sp³-hybridized carbons (Fsp3) is 0. The van der Waals surface area contributed by atoms with Gasteiger partial charge in [0.15, 0.2) is 0 Å². The van der Waals surface area contributed by atoms with Crippen LogP contribution >= 0.6 is 0 Å². The van der Waals surface area contributed by atoms with Gasteiger partial charge in [0.25, 0.3) is 5.91 Å². The van der Waals surface area contributed by atoms with Gasteiger partial charge in [-0.2, -0.15) is 0 Å². The molecule has 1 aromatic heterocycles. The molecule has 0 bridgehead atoms. The number of imidazole rings is 1. The summed E-state index contributed by atoms with van der Waals surface area (Å²) < 4.78 is 13.9. The van der Waals surface area contributed by atoms with Gasteiger partial charge < -0.3 is 15.4 Å². The SMILES string of the molecule is O=C(Nc1ccc2nc(-c3ccccc3F)[nH]c2c1)c1ccccc1O. The molecule has 0 aliphatic heterocycles. The summed E-state index contributed by atoms with van der Waals surface area (Å²) in [7, 11) is 0. The predicted molar refractivity (Wildman–Crippen MR) is 97.5 cm³/mol. The van der Waals surface area contributed by atoms with Gasteiger partial charge >= 0.3 is 0 Å². The van der Waals surface area contributed by atoms with Crippen LogP contribution < -0.4 is 5.32 Å². The first-order valence-electron chi connectivity index (χ1n) is 7.96. The van der Waals surface area contributed by atoms with E-state index in [4.69, 9.17) is 0 Å². The number of aromatic amines is 1. The van der Waals surface area contributed by atoms with Crippen molar-refractivity contribution in [2.24, 2.45) is 0 Å². The molecule has 128 valence electrons. The molecule has 0 saturated heterocycles. The average Bonchev–Trinajstić information content (AvgIpc) is 3.05. The highest BCUT2D eigenvalue weighted by atomic mass is 19.1. The number of hydrogen-bond donors (Lipinski definition) is 3. The topological polar surface area (TPSA) is 78.0 Å². The molecule has 0 spiro atoms. The van der Waals surface area contributed by atoms with E-state index in [9.17, 15) is 14.3 Å². The predicted octanol–water partition coefficient (Wildman–Crippen LogP) is 4.33. The minimum absolute atomic E-state index is 0.0885. The third-order valence-electron chi connectivity index (χ3n) is 4.02. The fourth-order valence-electron chi connectivity index (χ4n) is 2.73. The van der Waals surface area contributed by atoms with Gasteiger partial charge in [0.1, 0.15) is 17.4 Å². The van der Waals surface area contributed by atoms with Crippen molar-refractivity contribution in [3.63, 3.8) is 0 Å². The van der Waals surface area contributed by atoms with Gasteiger partial charge in [-0.25, -0.2) is 9.37 Å². The number of fused-ring (bicyclic) bond motifs is 1. The molecule has 1 amide bonds. The van der Waals surface area contributed by atoms with Gasteiger partial charge in [-0.3, -0.25) is 4.79 Å². The number of phenols is 1. The quantitative estimate of drug-likeness (QED) is 0.516. The Morgan fingerprint density at radius 3 is 2.62 bits per heavy atom. The molecule has 4 rings (SSSR count). The van der Waals surface area contributed by atoms with Crippen molar-refractivity contribution in [2.45, 2.75) is 0 Å². The van der Waals surface area contributed by atoms with E-state index in [0.29, 0.717) is 28.1 Å². The molecular weight excluding hydrogens is 333 g/mol. The molecule has 0 unspecified atom stereocenters. The number of nitrogens with zero attached hydrogens (tertiary/aromatic N) is 1. The Balaban J connectivity index is 1.65. The second-order valence-corrected chi connectivity index (χ2v) is 5.77. The van der Waals surface area contributed by atoms with Gasteiger partial charge in [-0.15, -0.1) is 0 Å². The van der Waals surface area contributed by atoms with Crippen molar-refractivity contribution in [1.29, 1.82) is 0 Å². The van der Waals surface area contributed by atoms with E-state index in [-0.39, 0.29) is 17.1 Å². The molecule has 4 aromatic rings. The van der Waals surface area contributed by atoms with Gasteiger partial charge in [0.05, 0.1) is 22.2 Å². The second kappa shape index (κ2) is 6.33. The molecule has 0 fully saturated rings. The van der Waals surface area contributed by atoms with E-state index < -0.39 is 5.91 Å². The Bertz CT molecular complexity index is 1120. The summed E-state index contributed by atoms with van der Waals surface area (Å²) in [6.45, 7) is 0. The van der Waals surface area contributed by atoms with Crippen LogP contribution in [0.25, 0.3) is 22.4 Å². The first kappa shape index (κ1) is 15.8. The molecule has 0 saturated carbocycles. The molecule has 3 N–H and O–H groups in total. The third kappa shape index (κ3) is 2.88. The molecule has 1 heterocycles. The number of halogens is 1. The standard InChI is InChI=1S/C20H14FN3O2/c21-15-7-3-1-5-13(15)19-23-16-10-9-12(11-17(16)24-19)22-20(26)14-6-2-4-8-18(14)25/h1-11,25H,(H,22,26)(H,23,24). The minimum atomic E-state index is -0.420. The summed E-state index contributed by atoms with van der Waals surface area (Å²) in [5.74, 6) is -0.451. The van der Waals surface area contributed by atoms with E-state index in [1.807, 2.05) is 0 Å². The first-order valence-corrected chi connectivity index (χ1v) is 7.96. The van der Waals surface area contributed by atoms with Crippen molar-refractivity contribution in [1.82, 2.24) is 9.97 Å². The lowest BCUT2D eigenvalue weighted by atomic mass is 10.2. The molecule has 6 heteroatoms. The lowest BCUT2D eigenvalue weighted by molar-refractivity contribution is 0.102. The molecule has 5 nitrogen and oxygen atoms in total. The molecule has 26 heavy (non-hydrogen) atoms. The molecule has 0 radical (unpaired) electrons. The zero-order valence-corrected chi connectivity index (χ0v) is 13.5. The number of para-hydroxylation sites is 1. The fourth-order valence-corrected chi connectivity index (χ4v) is 2.73. The first-order chi connectivity index (χ1) is 12.6. The Hall–Kier alpha value is -3.67. The minimum Gasteiger partial charge on any atom is -0.507 e. The summed E-state index contributed by atoms with van der Waals surface area (Å²) in [6.07, 6.45) is 0. The molecular formula is C20H14FN3O2. The van der Waals surface area contributed by atoms with E-state index in [1.165, 1.54) is 18.2 Å². The normalized spacial score (nSPS) is 10.8. The maximum Gasteiger partial charge on any atom is 0.259 e. The van der Waals surface area contributed by atoms with Crippen LogP contribution in [0, 0.1) is 5.82 Å². The maximum absolute atomic E-state index is 13.9. The Labute approximate surface area is 148 Å². The zero-order valence-electron chi connectivity index (χ0n) is 13.5. The summed E-state index contributed by atoms with van der Waals surface area (Å²) in [5, 5.41) is 12.5. The van der Waals surface area contributed by atoms with Crippen LogP contribution in [0.1, 0.15) is 10.4 Å². The zero-order chi connectivity index (χ0) is 18.1. The van der Waals surface area contributed by atoms with Crippen LogP contribution in [0.2, 0.25) is 0 Å². The third-order valence-corrected chi connectivity index (χ3v) is 4.02. The Morgan fingerprint density at radius 1 is 1.04 bits per heavy atom. The second-order valence-electron chi connectivity index (χ2n) is 5.77. The van der Waals surface area contributed by atoms with E-state index in [0.717, 1.165) is 0 Å². The molecule has 3 aromatic carbocycles. The van der Waals surface area contributed by atoms with Crippen molar-refractivity contribution < 1.29 is 14.3 Å². The number of carbonyl (C=O) groups excluding carboxylic acids is 1. The summed E-state index contributed by atoms with van der Waals surface area (Å²) in [4.78, 5) is 19.7.